The number of carbonyl (C=O) groups is 1. The molecule has 0 radical (unpaired) electrons. The van der Waals surface area contributed by atoms with E-state index in [1.54, 1.807) is 6.92 Å². The van der Waals surface area contributed by atoms with Gasteiger partial charge in [-0.2, -0.15) is 0 Å². The Morgan fingerprint density at radius 3 is 2.30 bits per heavy atom. The number of aromatic nitrogens is 2. The molecule has 1 aliphatic carbocycles. The average Bonchev–Trinajstić information content (AvgIpc) is 3.37. The molecular weight excluding hydrogens is 391 g/mol. The maximum absolute atomic E-state index is 12.8. The quantitative estimate of drug-likeness (QED) is 0.494. The Labute approximate surface area is 151 Å². The lowest BCUT2D eigenvalue weighted by molar-refractivity contribution is 0.0970. The minimum Gasteiger partial charge on any atom is -0.310 e. The standard InChI is InChI=1S/C17H17F5N2O2S/c1-10(11-4-6-13(7-5-11)27(18,19,20,21)22)8-15(25)14-9-16(26)24-17(23-14)12-2-3-12/h4-7,9-10,12H,2-3,8H2,1H3,(H,23,24,26)/t10-/m0/s1. The van der Waals surface area contributed by atoms with Gasteiger partial charge in [0, 0.05) is 18.4 Å². The second kappa shape index (κ2) is 5.63. The Kier molecular flexibility index (Phi) is 4.08. The fourth-order valence-electron chi connectivity index (χ4n) is 2.72. The maximum Gasteiger partial charge on any atom is 0.310 e. The van der Waals surface area contributed by atoms with Crippen molar-refractivity contribution >= 4 is 16.0 Å². The molecule has 0 saturated heterocycles. The second-order valence-electron chi connectivity index (χ2n) is 6.86. The molecule has 0 unspecified atom stereocenters. The van der Waals surface area contributed by atoms with Crippen LogP contribution >= 0.6 is 10.2 Å². The van der Waals surface area contributed by atoms with E-state index in [4.69, 9.17) is 0 Å². The molecule has 0 aliphatic heterocycles. The van der Waals surface area contributed by atoms with E-state index in [0.717, 1.165) is 31.0 Å². The van der Waals surface area contributed by atoms with Gasteiger partial charge in [0.15, 0.2) is 5.78 Å². The van der Waals surface area contributed by atoms with E-state index in [1.165, 1.54) is 0 Å². The summed E-state index contributed by atoms with van der Waals surface area (Å²) in [4.78, 5) is 28.8. The van der Waals surface area contributed by atoms with E-state index in [2.05, 4.69) is 9.97 Å². The highest BCUT2D eigenvalue weighted by molar-refractivity contribution is 8.45. The fourth-order valence-corrected chi connectivity index (χ4v) is 3.37. The molecule has 4 nitrogen and oxygen atoms in total. The van der Waals surface area contributed by atoms with Crippen LogP contribution in [0.25, 0.3) is 0 Å². The number of nitrogens with zero attached hydrogens (tertiary/aromatic N) is 1. The zero-order valence-electron chi connectivity index (χ0n) is 14.2. The van der Waals surface area contributed by atoms with Crippen molar-refractivity contribution < 1.29 is 24.2 Å². The molecular formula is C17H17F5N2O2S. The Morgan fingerprint density at radius 1 is 1.19 bits per heavy atom. The highest BCUT2D eigenvalue weighted by atomic mass is 32.5. The predicted octanol–water partition coefficient (Wildman–Crippen LogP) is 5.68. The van der Waals surface area contributed by atoms with Gasteiger partial charge in [-0.15, -0.1) is 0 Å². The normalized spacial score (nSPS) is 18.4. The predicted molar refractivity (Wildman–Crippen MR) is 92.0 cm³/mol. The SMILES string of the molecule is C[C@@H](CC(=O)c1cc(=O)[nH]c(C2CC2)n1)c1ccc(S(F)(F)(F)(F)F)cc1. The Balaban J connectivity index is 1.77. The number of carbonyl (C=O) groups excluding carboxylic acids is 1. The van der Waals surface area contributed by atoms with Crippen molar-refractivity contribution in [3.63, 3.8) is 0 Å². The number of H-pyrrole nitrogens is 1. The van der Waals surface area contributed by atoms with Crippen molar-refractivity contribution in [3.8, 4) is 0 Å². The summed E-state index contributed by atoms with van der Waals surface area (Å²) in [5, 5.41) is 0. The van der Waals surface area contributed by atoms with Crippen molar-refractivity contribution in [1.29, 1.82) is 0 Å². The van der Waals surface area contributed by atoms with Crippen molar-refractivity contribution in [3.05, 3.63) is 57.8 Å². The first-order chi connectivity index (χ1) is 12.2. The van der Waals surface area contributed by atoms with Gasteiger partial charge >= 0.3 is 10.2 Å². The van der Waals surface area contributed by atoms with Gasteiger partial charge < -0.3 is 4.98 Å². The molecule has 0 amide bonds. The lowest BCUT2D eigenvalue weighted by Gasteiger charge is -2.40. The summed E-state index contributed by atoms with van der Waals surface area (Å²) in [6.07, 6.45) is 1.65. The van der Waals surface area contributed by atoms with E-state index in [9.17, 15) is 29.0 Å². The van der Waals surface area contributed by atoms with Crippen LogP contribution in [0.5, 0.6) is 0 Å². The number of ketones is 1. The van der Waals surface area contributed by atoms with E-state index < -0.39 is 32.4 Å². The largest absolute Gasteiger partial charge is 0.310 e. The molecule has 2 aromatic rings. The lowest BCUT2D eigenvalue weighted by atomic mass is 9.95. The van der Waals surface area contributed by atoms with E-state index in [-0.39, 0.29) is 18.0 Å². The van der Waals surface area contributed by atoms with Crippen LogP contribution in [-0.2, 0) is 0 Å². The number of Topliss-reactive ketones (excluding diaryl/α,β-unsaturated/α-hetero) is 1. The zero-order chi connectivity index (χ0) is 20.1. The molecule has 10 heteroatoms. The molecule has 0 spiro atoms. The number of aromatic amines is 1. The molecule has 148 valence electrons. The molecule has 1 heterocycles. The van der Waals surface area contributed by atoms with E-state index >= 15 is 0 Å². The fraction of sp³-hybridized carbons (Fsp3) is 0.353. The molecule has 0 bridgehead atoms. The summed E-state index contributed by atoms with van der Waals surface area (Å²) in [5.74, 6) is -0.371. The highest BCUT2D eigenvalue weighted by Crippen LogP contribution is 3.02. The second-order valence-corrected chi connectivity index (χ2v) is 9.27. The topological polar surface area (TPSA) is 62.8 Å². The van der Waals surface area contributed by atoms with Crippen molar-refractivity contribution in [2.24, 2.45) is 0 Å². The molecule has 1 saturated carbocycles. The average molecular weight is 408 g/mol. The third-order valence-corrected chi connectivity index (χ3v) is 5.56. The summed E-state index contributed by atoms with van der Waals surface area (Å²) in [6, 6.07) is 3.61. The van der Waals surface area contributed by atoms with Gasteiger partial charge in [0.1, 0.15) is 16.4 Å². The molecule has 27 heavy (non-hydrogen) atoms. The third kappa shape index (κ3) is 4.74. The van der Waals surface area contributed by atoms with E-state index in [1.807, 2.05) is 0 Å². The van der Waals surface area contributed by atoms with Crippen LogP contribution in [0, 0.1) is 0 Å². The van der Waals surface area contributed by atoms with E-state index in [0.29, 0.717) is 23.5 Å². The van der Waals surface area contributed by atoms with Crippen LogP contribution in [0.4, 0.5) is 19.4 Å². The van der Waals surface area contributed by atoms with Crippen LogP contribution in [0.1, 0.15) is 59.9 Å². The molecule has 1 fully saturated rings. The first-order valence-corrected chi connectivity index (χ1v) is 10.2. The van der Waals surface area contributed by atoms with Crippen molar-refractivity contribution in [1.82, 2.24) is 9.97 Å². The van der Waals surface area contributed by atoms with Gasteiger partial charge in [0.2, 0.25) is 0 Å². The number of hydrogen-bond donors (Lipinski definition) is 1. The number of benzene rings is 1. The monoisotopic (exact) mass is 408 g/mol. The zero-order valence-corrected chi connectivity index (χ0v) is 15.0. The lowest BCUT2D eigenvalue weighted by Crippen LogP contribution is -2.16. The maximum atomic E-state index is 12.8. The highest BCUT2D eigenvalue weighted by Gasteiger charge is 2.65. The van der Waals surface area contributed by atoms with Gasteiger partial charge in [-0.05, 0) is 36.5 Å². The Bertz CT molecular complexity index is 951. The molecule has 1 atom stereocenters. The third-order valence-electron chi connectivity index (χ3n) is 4.40. The number of rotatable bonds is 6. The number of halogens is 5. The van der Waals surface area contributed by atoms with Gasteiger partial charge in [-0.3, -0.25) is 9.59 Å². The Morgan fingerprint density at radius 2 is 1.78 bits per heavy atom. The first kappa shape index (κ1) is 19.5. The van der Waals surface area contributed by atoms with Crippen LogP contribution < -0.4 is 5.56 Å². The number of hydrogen-bond acceptors (Lipinski definition) is 3. The van der Waals surface area contributed by atoms with Gasteiger partial charge in [0.25, 0.3) is 5.56 Å². The number of nitrogens with one attached hydrogen (secondary N) is 1. The summed E-state index contributed by atoms with van der Waals surface area (Å²) < 4.78 is 63.8. The van der Waals surface area contributed by atoms with Gasteiger partial charge in [-0.1, -0.05) is 38.5 Å². The first-order valence-electron chi connectivity index (χ1n) is 8.21. The van der Waals surface area contributed by atoms with Crippen molar-refractivity contribution in [2.75, 3.05) is 0 Å². The summed E-state index contributed by atoms with van der Waals surface area (Å²) in [6.45, 7) is 1.58. The minimum atomic E-state index is -9.72. The molecule has 3 rings (SSSR count). The summed E-state index contributed by atoms with van der Waals surface area (Å²) in [5.41, 5.74) is -0.138. The van der Waals surface area contributed by atoms with Crippen LogP contribution in [0.3, 0.4) is 0 Å². The molecule has 1 aliphatic rings. The van der Waals surface area contributed by atoms with Gasteiger partial charge in [0.05, 0.1) is 0 Å². The minimum absolute atomic E-state index is 0.00358. The molecule has 1 N–H and O–H groups in total. The summed E-state index contributed by atoms with van der Waals surface area (Å²) >= 11 is 0. The van der Waals surface area contributed by atoms with Gasteiger partial charge in [-0.25, -0.2) is 4.98 Å². The molecule has 1 aromatic heterocycles. The van der Waals surface area contributed by atoms with Crippen LogP contribution in [0.15, 0.2) is 40.0 Å². The van der Waals surface area contributed by atoms with Crippen LogP contribution in [0.2, 0.25) is 0 Å². The smallest absolute Gasteiger partial charge is 0.310 e. The summed E-state index contributed by atoms with van der Waals surface area (Å²) in [7, 11) is -9.72. The van der Waals surface area contributed by atoms with Crippen LogP contribution in [-0.4, -0.2) is 15.8 Å². The molecule has 1 aromatic carbocycles. The Hall–Kier alpha value is -2.23. The van der Waals surface area contributed by atoms with Crippen molar-refractivity contribution in [2.45, 2.75) is 42.9 Å².